The number of rotatable bonds is 5. The van der Waals surface area contributed by atoms with Crippen molar-refractivity contribution in [2.75, 3.05) is 13.1 Å². The minimum absolute atomic E-state index is 0.680. The van der Waals surface area contributed by atoms with Gasteiger partial charge in [0.2, 0.25) is 6.29 Å². The maximum Gasteiger partial charge on any atom is 0.235 e. The number of hydrogen-bond acceptors (Lipinski definition) is 2. The van der Waals surface area contributed by atoms with E-state index in [4.69, 9.17) is 0 Å². The molecule has 0 aliphatic heterocycles. The molecule has 14 heavy (non-hydrogen) atoms. The van der Waals surface area contributed by atoms with Crippen LogP contribution in [0.15, 0.2) is 12.3 Å². The zero-order chi connectivity index (χ0) is 10.6. The fourth-order valence-corrected chi connectivity index (χ4v) is 1.51. The standard InChI is InChI=1S/C11H17N2O/c1-4-13(5-2)8-11-10(9-14)6-7-12(11)3/h6-7H,4-5,8H2,1-3H3. The Kier molecular flexibility index (Phi) is 3.89. The molecule has 1 radical (unpaired) electrons. The first-order chi connectivity index (χ1) is 6.72. The largest absolute Gasteiger partial charge is 0.353 e. The summed E-state index contributed by atoms with van der Waals surface area (Å²) >= 11 is 0. The summed E-state index contributed by atoms with van der Waals surface area (Å²) in [7, 11) is 1.96. The van der Waals surface area contributed by atoms with Gasteiger partial charge < -0.3 is 4.57 Å². The highest BCUT2D eigenvalue weighted by molar-refractivity contribution is 5.77. The molecule has 0 atom stereocenters. The van der Waals surface area contributed by atoms with Crippen molar-refractivity contribution >= 4 is 6.29 Å². The third-order valence-electron chi connectivity index (χ3n) is 2.58. The Balaban J connectivity index is 2.83. The van der Waals surface area contributed by atoms with Crippen LogP contribution in [0.2, 0.25) is 0 Å². The van der Waals surface area contributed by atoms with Gasteiger partial charge in [0.25, 0.3) is 0 Å². The lowest BCUT2D eigenvalue weighted by atomic mass is 10.2. The third-order valence-corrected chi connectivity index (χ3v) is 2.58. The molecule has 0 aliphatic rings. The zero-order valence-corrected chi connectivity index (χ0v) is 9.08. The molecule has 0 bridgehead atoms. The fraction of sp³-hybridized carbons (Fsp3) is 0.545. The molecule has 1 heterocycles. The highest BCUT2D eigenvalue weighted by Gasteiger charge is 2.09. The Labute approximate surface area is 85.3 Å². The Morgan fingerprint density at radius 2 is 2.07 bits per heavy atom. The van der Waals surface area contributed by atoms with E-state index < -0.39 is 0 Å². The number of carbonyl (C=O) groups excluding carboxylic acids is 1. The second-order valence-electron chi connectivity index (χ2n) is 3.35. The van der Waals surface area contributed by atoms with E-state index in [1.165, 1.54) is 0 Å². The first kappa shape index (κ1) is 11.0. The number of nitrogens with zero attached hydrogens (tertiary/aromatic N) is 2. The lowest BCUT2D eigenvalue weighted by Gasteiger charge is -2.18. The Morgan fingerprint density at radius 3 is 2.57 bits per heavy atom. The summed E-state index contributed by atoms with van der Waals surface area (Å²) in [4.78, 5) is 12.9. The zero-order valence-electron chi connectivity index (χ0n) is 9.08. The van der Waals surface area contributed by atoms with E-state index in [1.807, 2.05) is 30.2 Å². The summed E-state index contributed by atoms with van der Waals surface area (Å²) in [5.41, 5.74) is 1.73. The lowest BCUT2D eigenvalue weighted by Crippen LogP contribution is -2.24. The van der Waals surface area contributed by atoms with Gasteiger partial charge in [0.15, 0.2) is 0 Å². The van der Waals surface area contributed by atoms with Crippen LogP contribution in [0.4, 0.5) is 0 Å². The smallest absolute Gasteiger partial charge is 0.235 e. The van der Waals surface area contributed by atoms with Gasteiger partial charge in [0.05, 0.1) is 0 Å². The van der Waals surface area contributed by atoms with Crippen molar-refractivity contribution in [1.29, 1.82) is 0 Å². The molecule has 0 fully saturated rings. The maximum atomic E-state index is 10.6. The van der Waals surface area contributed by atoms with Crippen molar-refractivity contribution in [2.24, 2.45) is 7.05 Å². The molecule has 0 unspecified atom stereocenters. The van der Waals surface area contributed by atoms with Gasteiger partial charge in [0, 0.05) is 31.0 Å². The van der Waals surface area contributed by atoms with Gasteiger partial charge in [-0.25, -0.2) is 0 Å². The predicted molar refractivity (Wildman–Crippen MR) is 56.8 cm³/mol. The van der Waals surface area contributed by atoms with Gasteiger partial charge in [0.1, 0.15) is 0 Å². The molecule has 0 aromatic carbocycles. The second-order valence-corrected chi connectivity index (χ2v) is 3.35. The van der Waals surface area contributed by atoms with Crippen LogP contribution in [0, 0.1) is 0 Å². The summed E-state index contributed by atoms with van der Waals surface area (Å²) < 4.78 is 1.98. The average Bonchev–Trinajstić information content (AvgIpc) is 2.56. The molecular formula is C11H17N2O. The summed E-state index contributed by atoms with van der Waals surface area (Å²) in [5.74, 6) is 0. The molecular weight excluding hydrogens is 176 g/mol. The van der Waals surface area contributed by atoms with Crippen LogP contribution in [0.1, 0.15) is 25.1 Å². The molecule has 1 aromatic heterocycles. The van der Waals surface area contributed by atoms with Crippen molar-refractivity contribution < 1.29 is 4.79 Å². The van der Waals surface area contributed by atoms with Crippen LogP contribution in [0.5, 0.6) is 0 Å². The fourth-order valence-electron chi connectivity index (χ4n) is 1.51. The van der Waals surface area contributed by atoms with Gasteiger partial charge in [-0.3, -0.25) is 9.69 Å². The van der Waals surface area contributed by atoms with Gasteiger partial charge in [-0.1, -0.05) is 13.8 Å². The van der Waals surface area contributed by atoms with Crippen LogP contribution in [0.25, 0.3) is 0 Å². The van der Waals surface area contributed by atoms with Gasteiger partial charge in [-0.2, -0.15) is 0 Å². The topological polar surface area (TPSA) is 25.2 Å². The van der Waals surface area contributed by atoms with E-state index >= 15 is 0 Å². The highest BCUT2D eigenvalue weighted by atomic mass is 16.1. The molecule has 0 aliphatic carbocycles. The Hall–Kier alpha value is -1.09. The van der Waals surface area contributed by atoms with Crippen LogP contribution in [-0.4, -0.2) is 28.8 Å². The molecule has 0 spiro atoms. The van der Waals surface area contributed by atoms with Crippen molar-refractivity contribution in [3.8, 4) is 0 Å². The first-order valence-corrected chi connectivity index (χ1v) is 4.97. The lowest BCUT2D eigenvalue weighted by molar-refractivity contribution is 0.289. The Morgan fingerprint density at radius 1 is 1.43 bits per heavy atom. The van der Waals surface area contributed by atoms with Crippen molar-refractivity contribution in [1.82, 2.24) is 9.47 Å². The van der Waals surface area contributed by atoms with Crippen LogP contribution < -0.4 is 0 Å². The van der Waals surface area contributed by atoms with Crippen molar-refractivity contribution in [3.63, 3.8) is 0 Å². The molecule has 3 heteroatoms. The number of aryl methyl sites for hydroxylation is 1. The quantitative estimate of drug-likeness (QED) is 0.704. The van der Waals surface area contributed by atoms with Crippen LogP contribution in [-0.2, 0) is 18.4 Å². The third kappa shape index (κ3) is 2.23. The molecule has 0 saturated heterocycles. The predicted octanol–water partition coefficient (Wildman–Crippen LogP) is 1.32. The first-order valence-electron chi connectivity index (χ1n) is 4.97. The molecule has 1 rings (SSSR count). The van der Waals surface area contributed by atoms with E-state index in [2.05, 4.69) is 18.7 Å². The van der Waals surface area contributed by atoms with Gasteiger partial charge in [-0.15, -0.1) is 0 Å². The van der Waals surface area contributed by atoms with Crippen molar-refractivity contribution in [2.45, 2.75) is 20.4 Å². The summed E-state index contributed by atoms with van der Waals surface area (Å²) in [5, 5.41) is 0. The molecule has 0 N–H and O–H groups in total. The number of hydrogen-bond donors (Lipinski definition) is 0. The van der Waals surface area contributed by atoms with E-state index in [0.717, 1.165) is 25.3 Å². The maximum absolute atomic E-state index is 10.6. The Bertz CT molecular complexity index is 300. The summed E-state index contributed by atoms with van der Waals surface area (Å²) in [6, 6.07) is 1.81. The molecule has 0 amide bonds. The van der Waals surface area contributed by atoms with Gasteiger partial charge in [-0.05, 0) is 19.2 Å². The average molecular weight is 193 g/mol. The molecule has 77 valence electrons. The minimum Gasteiger partial charge on any atom is -0.353 e. The summed E-state index contributed by atoms with van der Waals surface area (Å²) in [6.07, 6.45) is 3.87. The molecule has 0 saturated carbocycles. The van der Waals surface area contributed by atoms with Crippen LogP contribution in [0.3, 0.4) is 0 Å². The second kappa shape index (κ2) is 4.96. The van der Waals surface area contributed by atoms with E-state index in [-0.39, 0.29) is 0 Å². The van der Waals surface area contributed by atoms with E-state index in [9.17, 15) is 4.79 Å². The summed E-state index contributed by atoms with van der Waals surface area (Å²) in [6.45, 7) is 7.06. The number of aromatic nitrogens is 1. The van der Waals surface area contributed by atoms with Crippen molar-refractivity contribution in [3.05, 3.63) is 23.5 Å². The monoisotopic (exact) mass is 193 g/mol. The van der Waals surface area contributed by atoms with Crippen LogP contribution >= 0.6 is 0 Å². The van der Waals surface area contributed by atoms with E-state index in [1.54, 1.807) is 0 Å². The molecule has 1 aromatic rings. The van der Waals surface area contributed by atoms with E-state index in [0.29, 0.717) is 5.56 Å². The SMILES string of the molecule is CCN(CC)Cc1c([C]=O)ccn1C. The normalized spacial score (nSPS) is 10.9. The molecule has 3 nitrogen and oxygen atoms in total. The highest BCUT2D eigenvalue weighted by Crippen LogP contribution is 2.10. The van der Waals surface area contributed by atoms with Gasteiger partial charge >= 0.3 is 0 Å². The minimum atomic E-state index is 0.680.